The van der Waals surface area contributed by atoms with E-state index in [9.17, 15) is 9.59 Å². The third-order valence-corrected chi connectivity index (χ3v) is 4.14. The monoisotopic (exact) mass is 404 g/mol. The Bertz CT molecular complexity index is 916. The van der Waals surface area contributed by atoms with E-state index in [1.165, 1.54) is 6.07 Å². The molecule has 2 amide bonds. The van der Waals surface area contributed by atoms with E-state index < -0.39 is 5.91 Å². The summed E-state index contributed by atoms with van der Waals surface area (Å²) in [4.78, 5) is 28.2. The zero-order valence-corrected chi connectivity index (χ0v) is 15.2. The summed E-state index contributed by atoms with van der Waals surface area (Å²) in [7, 11) is 0. The first-order valence-electron chi connectivity index (χ1n) is 7.76. The molecule has 0 saturated heterocycles. The number of hydrogen-bond acceptors (Lipinski definition) is 4. The van der Waals surface area contributed by atoms with Crippen LogP contribution in [0, 0.1) is 6.92 Å². The van der Waals surface area contributed by atoms with Crippen LogP contribution < -0.4 is 10.6 Å². The third kappa shape index (κ3) is 4.08. The summed E-state index contributed by atoms with van der Waals surface area (Å²) >= 11 is 3.12. The maximum Gasteiger partial charge on any atom is 0.287 e. The average Bonchev–Trinajstić information content (AvgIpc) is 3.16. The van der Waals surface area contributed by atoms with Crippen LogP contribution in [0.2, 0.25) is 0 Å². The van der Waals surface area contributed by atoms with E-state index in [1.54, 1.807) is 6.07 Å². The highest BCUT2D eigenvalue weighted by Gasteiger charge is 2.12. The van der Waals surface area contributed by atoms with Gasteiger partial charge in [-0.2, -0.15) is 0 Å². The van der Waals surface area contributed by atoms with Gasteiger partial charge in [0, 0.05) is 13.1 Å². The second-order valence-electron chi connectivity index (χ2n) is 5.44. The van der Waals surface area contributed by atoms with E-state index in [-0.39, 0.29) is 18.2 Å². The number of fused-ring (bicyclic) bond motifs is 1. The highest BCUT2D eigenvalue weighted by molar-refractivity contribution is 9.10. The second-order valence-corrected chi connectivity index (χ2v) is 6.22. The number of nitrogens with zero attached hydrogens (tertiary/aromatic N) is 2. The lowest BCUT2D eigenvalue weighted by molar-refractivity contribution is -0.120. The Balaban J connectivity index is 1.48. The molecule has 3 rings (SSSR count). The SMILES string of the molecule is Cc1nc2ccccc2n1CCNC(=O)CNC(=O)c1ccc(Br)o1. The number of halogens is 1. The minimum atomic E-state index is -0.433. The fourth-order valence-corrected chi connectivity index (χ4v) is 2.84. The van der Waals surface area contributed by atoms with Crippen molar-refractivity contribution in [1.29, 1.82) is 0 Å². The zero-order chi connectivity index (χ0) is 17.8. The molecule has 0 radical (unpaired) electrons. The molecule has 7 nitrogen and oxygen atoms in total. The van der Waals surface area contributed by atoms with E-state index in [0.717, 1.165) is 16.9 Å². The molecule has 0 saturated carbocycles. The van der Waals surface area contributed by atoms with Gasteiger partial charge in [-0.05, 0) is 47.1 Å². The van der Waals surface area contributed by atoms with Crippen molar-refractivity contribution in [1.82, 2.24) is 20.2 Å². The Morgan fingerprint density at radius 2 is 2.00 bits per heavy atom. The van der Waals surface area contributed by atoms with Crippen LogP contribution in [0.5, 0.6) is 0 Å². The van der Waals surface area contributed by atoms with Gasteiger partial charge in [-0.25, -0.2) is 4.98 Å². The van der Waals surface area contributed by atoms with Gasteiger partial charge in [0.1, 0.15) is 5.82 Å². The van der Waals surface area contributed by atoms with Gasteiger partial charge >= 0.3 is 0 Å². The van der Waals surface area contributed by atoms with Crippen LogP contribution in [0.3, 0.4) is 0 Å². The van der Waals surface area contributed by atoms with Crippen LogP contribution in [-0.4, -0.2) is 34.5 Å². The van der Waals surface area contributed by atoms with Crippen molar-refractivity contribution in [2.24, 2.45) is 0 Å². The lowest BCUT2D eigenvalue weighted by Gasteiger charge is -2.09. The standard InChI is InChI=1S/C17H17BrN4O3/c1-11-21-12-4-2-3-5-13(12)22(11)9-8-19-16(23)10-20-17(24)14-6-7-15(18)25-14/h2-7H,8-10H2,1H3,(H,19,23)(H,20,24). The predicted molar refractivity (Wildman–Crippen MR) is 96.2 cm³/mol. The third-order valence-electron chi connectivity index (χ3n) is 3.71. The number of aryl methyl sites for hydroxylation is 1. The Morgan fingerprint density at radius 3 is 2.76 bits per heavy atom. The Labute approximate surface area is 152 Å². The van der Waals surface area contributed by atoms with Crippen molar-refractivity contribution in [3.8, 4) is 0 Å². The molecule has 2 aromatic heterocycles. The van der Waals surface area contributed by atoms with Crippen molar-refractivity contribution in [3.05, 3.63) is 52.7 Å². The molecule has 0 aliphatic heterocycles. The molecule has 130 valence electrons. The predicted octanol–water partition coefficient (Wildman–Crippen LogP) is 2.25. The maximum atomic E-state index is 11.9. The molecule has 2 heterocycles. The Morgan fingerprint density at radius 1 is 1.20 bits per heavy atom. The van der Waals surface area contributed by atoms with E-state index in [1.807, 2.05) is 31.2 Å². The maximum absolute atomic E-state index is 11.9. The number of benzene rings is 1. The number of nitrogens with one attached hydrogen (secondary N) is 2. The molecule has 25 heavy (non-hydrogen) atoms. The lowest BCUT2D eigenvalue weighted by atomic mass is 10.3. The summed E-state index contributed by atoms with van der Waals surface area (Å²) in [5.74, 6) is 0.352. The molecule has 8 heteroatoms. The molecular formula is C17H17BrN4O3. The van der Waals surface area contributed by atoms with Crippen molar-refractivity contribution >= 4 is 38.8 Å². The number of imidazole rings is 1. The summed E-state index contributed by atoms with van der Waals surface area (Å²) < 4.78 is 7.64. The number of hydrogen-bond donors (Lipinski definition) is 2. The first-order valence-corrected chi connectivity index (χ1v) is 8.56. The second kappa shape index (κ2) is 7.52. The van der Waals surface area contributed by atoms with Gasteiger partial charge in [-0.1, -0.05) is 12.1 Å². The van der Waals surface area contributed by atoms with Gasteiger partial charge in [0.15, 0.2) is 10.4 Å². The zero-order valence-electron chi connectivity index (χ0n) is 13.6. The number of aromatic nitrogens is 2. The van der Waals surface area contributed by atoms with Gasteiger partial charge in [-0.15, -0.1) is 0 Å². The first-order chi connectivity index (χ1) is 12.0. The van der Waals surface area contributed by atoms with Gasteiger partial charge in [-0.3, -0.25) is 9.59 Å². The van der Waals surface area contributed by atoms with Crippen LogP contribution in [-0.2, 0) is 11.3 Å². The Kier molecular flexibility index (Phi) is 5.18. The van der Waals surface area contributed by atoms with Crippen LogP contribution >= 0.6 is 15.9 Å². The van der Waals surface area contributed by atoms with Crippen LogP contribution in [0.1, 0.15) is 16.4 Å². The fraction of sp³-hybridized carbons (Fsp3) is 0.235. The molecule has 0 fully saturated rings. The van der Waals surface area contributed by atoms with Crippen molar-refractivity contribution in [2.75, 3.05) is 13.1 Å². The minimum Gasteiger partial charge on any atom is -0.444 e. The summed E-state index contributed by atoms with van der Waals surface area (Å²) in [5.41, 5.74) is 1.97. The quantitative estimate of drug-likeness (QED) is 0.659. The molecule has 0 atom stereocenters. The summed E-state index contributed by atoms with van der Waals surface area (Å²) in [6.45, 7) is 2.88. The van der Waals surface area contributed by atoms with Crippen LogP contribution in [0.15, 0.2) is 45.5 Å². The highest BCUT2D eigenvalue weighted by Crippen LogP contribution is 2.15. The largest absolute Gasteiger partial charge is 0.444 e. The van der Waals surface area contributed by atoms with Crippen molar-refractivity contribution in [3.63, 3.8) is 0 Å². The van der Waals surface area contributed by atoms with Crippen LogP contribution in [0.4, 0.5) is 0 Å². The molecule has 0 spiro atoms. The number of carbonyl (C=O) groups excluding carboxylic acids is 2. The van der Waals surface area contributed by atoms with Gasteiger partial charge in [0.05, 0.1) is 17.6 Å². The molecule has 0 aliphatic rings. The van der Waals surface area contributed by atoms with Crippen LogP contribution in [0.25, 0.3) is 11.0 Å². The lowest BCUT2D eigenvalue weighted by Crippen LogP contribution is -2.38. The molecule has 0 bridgehead atoms. The topological polar surface area (TPSA) is 89.2 Å². The average molecular weight is 405 g/mol. The molecule has 2 N–H and O–H groups in total. The summed E-state index contributed by atoms with van der Waals surface area (Å²) in [6.07, 6.45) is 0. The first kappa shape index (κ1) is 17.2. The highest BCUT2D eigenvalue weighted by atomic mass is 79.9. The molecule has 0 unspecified atom stereocenters. The smallest absolute Gasteiger partial charge is 0.287 e. The van der Waals surface area contributed by atoms with Gasteiger partial charge < -0.3 is 19.6 Å². The van der Waals surface area contributed by atoms with E-state index in [4.69, 9.17) is 4.42 Å². The number of para-hydroxylation sites is 2. The summed E-state index contributed by atoms with van der Waals surface area (Å²) in [6, 6.07) is 11.0. The number of rotatable bonds is 6. The Hall–Kier alpha value is -2.61. The number of carbonyl (C=O) groups is 2. The van der Waals surface area contributed by atoms with E-state index >= 15 is 0 Å². The van der Waals surface area contributed by atoms with E-state index in [0.29, 0.717) is 17.8 Å². The summed E-state index contributed by atoms with van der Waals surface area (Å²) in [5, 5.41) is 5.29. The number of amides is 2. The van der Waals surface area contributed by atoms with Crippen molar-refractivity contribution in [2.45, 2.75) is 13.5 Å². The minimum absolute atomic E-state index is 0.110. The number of furan rings is 1. The molecular weight excluding hydrogens is 388 g/mol. The molecule has 0 aliphatic carbocycles. The fourth-order valence-electron chi connectivity index (χ4n) is 2.53. The molecule has 3 aromatic rings. The van der Waals surface area contributed by atoms with Gasteiger partial charge in [0.25, 0.3) is 5.91 Å². The van der Waals surface area contributed by atoms with Gasteiger partial charge in [0.2, 0.25) is 5.91 Å². The van der Waals surface area contributed by atoms with Crippen molar-refractivity contribution < 1.29 is 14.0 Å². The van der Waals surface area contributed by atoms with E-state index in [2.05, 4.69) is 36.1 Å². The normalized spacial score (nSPS) is 10.8. The molecule has 1 aromatic carbocycles.